The Morgan fingerprint density at radius 1 is 1.19 bits per heavy atom. The van der Waals surface area contributed by atoms with Gasteiger partial charge in [0.2, 0.25) is 6.04 Å². The van der Waals surface area contributed by atoms with Gasteiger partial charge in [-0.25, -0.2) is 4.79 Å². The molecule has 172 valence electrons. The van der Waals surface area contributed by atoms with Crippen LogP contribution in [0.1, 0.15) is 58.6 Å². The molecule has 0 aromatic heterocycles. The molecule has 1 aliphatic heterocycles. The molecule has 1 aromatic carbocycles. The first kappa shape index (κ1) is 24.4. The summed E-state index contributed by atoms with van der Waals surface area (Å²) in [5.41, 5.74) is -1.19. The summed E-state index contributed by atoms with van der Waals surface area (Å²) in [4.78, 5) is 38.4. The second-order valence-electron chi connectivity index (χ2n) is 8.75. The van der Waals surface area contributed by atoms with E-state index in [1.165, 1.54) is 12.0 Å². The van der Waals surface area contributed by atoms with E-state index in [2.05, 4.69) is 0 Å². The second kappa shape index (κ2) is 9.98. The molecule has 31 heavy (non-hydrogen) atoms. The first-order valence-corrected chi connectivity index (χ1v) is 10.4. The molecule has 0 spiro atoms. The molecule has 1 heterocycles. The van der Waals surface area contributed by atoms with Crippen molar-refractivity contribution in [2.45, 2.75) is 58.6 Å². The maximum atomic E-state index is 12.9. The van der Waals surface area contributed by atoms with Crippen LogP contribution in [0.15, 0.2) is 24.3 Å². The maximum Gasteiger partial charge on any atom is 0.410 e. The molecule has 1 aromatic rings. The summed E-state index contributed by atoms with van der Waals surface area (Å²) in [6.45, 7) is 7.77. The van der Waals surface area contributed by atoms with Gasteiger partial charge in [0.05, 0.1) is 19.1 Å². The maximum absolute atomic E-state index is 12.9. The van der Waals surface area contributed by atoms with Crippen molar-refractivity contribution < 1.29 is 28.7 Å². The van der Waals surface area contributed by atoms with Crippen molar-refractivity contribution >= 4 is 12.1 Å². The summed E-state index contributed by atoms with van der Waals surface area (Å²) < 4.78 is 15.8. The van der Waals surface area contributed by atoms with Crippen molar-refractivity contribution in [3.63, 3.8) is 0 Å². The van der Waals surface area contributed by atoms with Gasteiger partial charge in [0.25, 0.3) is 0 Å². The van der Waals surface area contributed by atoms with Gasteiger partial charge in [0.1, 0.15) is 11.4 Å². The van der Waals surface area contributed by atoms with Gasteiger partial charge in [-0.3, -0.25) is 14.9 Å². The Morgan fingerprint density at radius 2 is 1.77 bits per heavy atom. The third kappa shape index (κ3) is 6.32. The van der Waals surface area contributed by atoms with E-state index >= 15 is 0 Å². The Hall–Kier alpha value is -2.84. The van der Waals surface area contributed by atoms with Gasteiger partial charge in [-0.1, -0.05) is 0 Å². The number of amides is 1. The Morgan fingerprint density at radius 3 is 2.23 bits per heavy atom. The van der Waals surface area contributed by atoms with Gasteiger partial charge in [-0.05, 0) is 64.8 Å². The fourth-order valence-electron chi connectivity index (χ4n) is 3.73. The van der Waals surface area contributed by atoms with Gasteiger partial charge in [0, 0.05) is 30.0 Å². The molecule has 1 unspecified atom stereocenters. The predicted molar refractivity (Wildman–Crippen MR) is 113 cm³/mol. The summed E-state index contributed by atoms with van der Waals surface area (Å²) in [6, 6.07) is 5.52. The molecular formula is C22H32N2O7. The highest BCUT2D eigenvalue weighted by atomic mass is 16.6. The number of ether oxygens (including phenoxy) is 3. The van der Waals surface area contributed by atoms with Crippen LogP contribution >= 0.6 is 0 Å². The minimum absolute atomic E-state index is 0.00663. The summed E-state index contributed by atoms with van der Waals surface area (Å²) in [7, 11) is 1.52. The number of esters is 1. The van der Waals surface area contributed by atoms with E-state index in [-0.39, 0.29) is 43.9 Å². The number of nitro groups is 1. The lowest BCUT2D eigenvalue weighted by Crippen LogP contribution is -2.49. The van der Waals surface area contributed by atoms with Crippen LogP contribution in [0.2, 0.25) is 0 Å². The lowest BCUT2D eigenvalue weighted by Gasteiger charge is -2.40. The fourth-order valence-corrected chi connectivity index (χ4v) is 3.73. The minimum atomic E-state index is -1.08. The molecule has 1 fully saturated rings. The zero-order chi connectivity index (χ0) is 23.2. The average molecular weight is 437 g/mol. The van der Waals surface area contributed by atoms with Crippen LogP contribution in [0.5, 0.6) is 5.75 Å². The van der Waals surface area contributed by atoms with Gasteiger partial charge in [0.15, 0.2) is 0 Å². The third-order valence-corrected chi connectivity index (χ3v) is 5.42. The van der Waals surface area contributed by atoms with E-state index in [9.17, 15) is 19.7 Å². The van der Waals surface area contributed by atoms with Crippen molar-refractivity contribution in [2.75, 3.05) is 26.8 Å². The molecule has 9 nitrogen and oxygen atoms in total. The highest BCUT2D eigenvalue weighted by Crippen LogP contribution is 2.42. The standard InChI is InChI=1S/C22H32N2O7/c1-6-30-19(25)22(11-13-23(14-12-22)20(26)31-21(2,3)4)15-18(24(27)28)16-7-9-17(29-5)10-8-16/h7-10,18H,6,11-15H2,1-5H3. The number of rotatable bonds is 7. The van der Waals surface area contributed by atoms with Crippen molar-refractivity contribution in [2.24, 2.45) is 5.41 Å². The molecular weight excluding hydrogens is 404 g/mol. The smallest absolute Gasteiger partial charge is 0.410 e. The van der Waals surface area contributed by atoms with E-state index in [1.54, 1.807) is 52.0 Å². The lowest BCUT2D eigenvalue weighted by atomic mass is 9.72. The molecule has 0 N–H and O–H groups in total. The highest BCUT2D eigenvalue weighted by Gasteiger charge is 2.48. The predicted octanol–water partition coefficient (Wildman–Crippen LogP) is 3.98. The second-order valence-corrected chi connectivity index (χ2v) is 8.75. The summed E-state index contributed by atoms with van der Waals surface area (Å²) in [5, 5.41) is 11.9. The molecule has 1 aliphatic rings. The Bertz CT molecular complexity index is 778. The van der Waals surface area contributed by atoms with Gasteiger partial charge < -0.3 is 19.1 Å². The zero-order valence-electron chi connectivity index (χ0n) is 18.9. The summed E-state index contributed by atoms with van der Waals surface area (Å²) in [5.74, 6) is 0.135. The topological polar surface area (TPSA) is 108 Å². The Labute approximate surface area is 182 Å². The van der Waals surface area contributed by atoms with Crippen LogP contribution in [0.25, 0.3) is 0 Å². The van der Waals surface area contributed by atoms with Crippen LogP contribution in [0.4, 0.5) is 4.79 Å². The van der Waals surface area contributed by atoms with E-state index < -0.39 is 29.1 Å². The van der Waals surface area contributed by atoms with Crippen molar-refractivity contribution in [3.8, 4) is 5.75 Å². The van der Waals surface area contributed by atoms with Crippen molar-refractivity contribution in [1.82, 2.24) is 4.90 Å². The first-order valence-electron chi connectivity index (χ1n) is 10.4. The third-order valence-electron chi connectivity index (χ3n) is 5.42. The fraction of sp³-hybridized carbons (Fsp3) is 0.636. The molecule has 2 rings (SSSR count). The number of piperidine rings is 1. The van der Waals surface area contributed by atoms with Crippen LogP contribution < -0.4 is 4.74 Å². The zero-order valence-corrected chi connectivity index (χ0v) is 18.9. The normalized spacial score (nSPS) is 16.9. The largest absolute Gasteiger partial charge is 0.497 e. The quantitative estimate of drug-likeness (QED) is 0.361. The van der Waals surface area contributed by atoms with Crippen LogP contribution in [0.3, 0.4) is 0 Å². The van der Waals surface area contributed by atoms with Gasteiger partial charge >= 0.3 is 12.1 Å². The van der Waals surface area contributed by atoms with E-state index in [4.69, 9.17) is 14.2 Å². The number of methoxy groups -OCH3 is 1. The number of hydrogen-bond acceptors (Lipinski definition) is 7. The number of carbonyl (C=O) groups excluding carboxylic acids is 2. The van der Waals surface area contributed by atoms with E-state index in [0.717, 1.165) is 0 Å². The number of benzene rings is 1. The molecule has 0 bridgehead atoms. The minimum Gasteiger partial charge on any atom is -0.497 e. The number of nitrogens with zero attached hydrogens (tertiary/aromatic N) is 2. The van der Waals surface area contributed by atoms with Crippen molar-refractivity contribution in [1.29, 1.82) is 0 Å². The number of hydrogen-bond donors (Lipinski definition) is 0. The SMILES string of the molecule is CCOC(=O)C1(CC(c2ccc(OC)cc2)[N+](=O)[O-])CCN(C(=O)OC(C)(C)C)CC1. The molecule has 0 saturated carbocycles. The van der Waals surface area contributed by atoms with Crippen LogP contribution in [0, 0.1) is 15.5 Å². The lowest BCUT2D eigenvalue weighted by molar-refractivity contribution is -0.532. The molecule has 0 aliphatic carbocycles. The van der Waals surface area contributed by atoms with E-state index in [0.29, 0.717) is 11.3 Å². The Balaban J connectivity index is 2.24. The molecule has 9 heteroatoms. The van der Waals surface area contributed by atoms with Crippen molar-refractivity contribution in [3.05, 3.63) is 39.9 Å². The molecule has 1 amide bonds. The monoisotopic (exact) mass is 436 g/mol. The highest BCUT2D eigenvalue weighted by molar-refractivity contribution is 5.78. The van der Waals surface area contributed by atoms with E-state index in [1.807, 2.05) is 0 Å². The van der Waals surface area contributed by atoms with Gasteiger partial charge in [-0.2, -0.15) is 0 Å². The first-order chi connectivity index (χ1) is 14.5. The summed E-state index contributed by atoms with van der Waals surface area (Å²) in [6.07, 6.45) is 0.0794. The van der Waals surface area contributed by atoms with Gasteiger partial charge in [-0.15, -0.1) is 0 Å². The number of carbonyl (C=O) groups is 2. The summed E-state index contributed by atoms with van der Waals surface area (Å²) >= 11 is 0. The molecule has 1 saturated heterocycles. The molecule has 1 atom stereocenters. The van der Waals surface area contributed by atoms with Crippen LogP contribution in [-0.4, -0.2) is 54.3 Å². The average Bonchev–Trinajstić information content (AvgIpc) is 2.71. The number of likely N-dealkylation sites (tertiary alicyclic amines) is 1. The van der Waals surface area contributed by atoms with Crippen LogP contribution in [-0.2, 0) is 14.3 Å². The Kier molecular flexibility index (Phi) is 7.86. The molecule has 0 radical (unpaired) electrons.